The van der Waals surface area contributed by atoms with Crippen molar-refractivity contribution in [3.05, 3.63) is 76.3 Å². The zero-order chi connectivity index (χ0) is 19.1. The van der Waals surface area contributed by atoms with Crippen LogP contribution in [0.15, 0.2) is 70.2 Å². The first-order valence-electron chi connectivity index (χ1n) is 8.88. The summed E-state index contributed by atoms with van der Waals surface area (Å²) < 4.78 is 6.84. The highest BCUT2D eigenvalue weighted by Gasteiger charge is 2.07. The predicted octanol–water partition coefficient (Wildman–Crippen LogP) is 5.08. The van der Waals surface area contributed by atoms with Crippen molar-refractivity contribution in [2.45, 2.75) is 19.8 Å². The van der Waals surface area contributed by atoms with Crippen LogP contribution in [0.2, 0.25) is 0 Å². The van der Waals surface area contributed by atoms with E-state index in [9.17, 15) is 4.79 Å². The maximum atomic E-state index is 12.1. The number of carbonyl (C=O) groups excluding carboxylic acids is 1. The fourth-order valence-electron chi connectivity index (χ4n) is 2.74. The molecule has 0 aromatic heterocycles. The molecule has 3 aromatic carbocycles. The molecular formula is C22H21BrN2O2. The van der Waals surface area contributed by atoms with Gasteiger partial charge in [0.2, 0.25) is 5.91 Å². The van der Waals surface area contributed by atoms with Gasteiger partial charge in [0.25, 0.3) is 0 Å². The summed E-state index contributed by atoms with van der Waals surface area (Å²) in [6.07, 6.45) is 2.86. The van der Waals surface area contributed by atoms with E-state index in [0.29, 0.717) is 6.61 Å². The van der Waals surface area contributed by atoms with Gasteiger partial charge in [-0.2, -0.15) is 5.10 Å². The van der Waals surface area contributed by atoms with E-state index in [1.165, 1.54) is 0 Å². The summed E-state index contributed by atoms with van der Waals surface area (Å²) in [5.41, 5.74) is 4.41. The van der Waals surface area contributed by atoms with Crippen molar-refractivity contribution in [1.82, 2.24) is 5.43 Å². The van der Waals surface area contributed by atoms with Gasteiger partial charge in [0.05, 0.1) is 19.2 Å². The standard InChI is InChI=1S/C22H21BrN2O2/c1-2-13-27-21-12-9-17-5-3-4-6-19(17)20(21)15-24-25-22(26)14-16-7-10-18(23)11-8-16/h3-12,15H,2,13-14H2,1H3,(H,25,26)/b24-15-. The average Bonchev–Trinajstić information content (AvgIpc) is 2.69. The highest BCUT2D eigenvalue weighted by molar-refractivity contribution is 9.10. The minimum atomic E-state index is -0.162. The summed E-state index contributed by atoms with van der Waals surface area (Å²) in [4.78, 5) is 12.1. The number of rotatable bonds is 7. The van der Waals surface area contributed by atoms with Crippen molar-refractivity contribution in [3.8, 4) is 5.75 Å². The van der Waals surface area contributed by atoms with E-state index in [1.54, 1.807) is 6.21 Å². The van der Waals surface area contributed by atoms with E-state index in [2.05, 4.69) is 33.4 Å². The quantitative estimate of drug-likeness (QED) is 0.424. The number of nitrogens with one attached hydrogen (secondary N) is 1. The largest absolute Gasteiger partial charge is 0.493 e. The third-order valence-electron chi connectivity index (χ3n) is 4.05. The molecule has 0 fully saturated rings. The van der Waals surface area contributed by atoms with Gasteiger partial charge >= 0.3 is 0 Å². The third-order valence-corrected chi connectivity index (χ3v) is 4.58. The topological polar surface area (TPSA) is 50.7 Å². The Morgan fingerprint density at radius 2 is 1.89 bits per heavy atom. The maximum Gasteiger partial charge on any atom is 0.244 e. The van der Waals surface area contributed by atoms with Crippen LogP contribution in [0.5, 0.6) is 5.75 Å². The molecule has 5 heteroatoms. The molecule has 0 aliphatic rings. The zero-order valence-electron chi connectivity index (χ0n) is 15.1. The van der Waals surface area contributed by atoms with Crippen LogP contribution < -0.4 is 10.2 Å². The molecule has 0 aliphatic heterocycles. The fourth-order valence-corrected chi connectivity index (χ4v) is 3.01. The minimum Gasteiger partial charge on any atom is -0.493 e. The first-order chi connectivity index (χ1) is 13.2. The number of fused-ring (bicyclic) bond motifs is 1. The summed E-state index contributed by atoms with van der Waals surface area (Å²) in [5, 5.41) is 6.30. The number of nitrogens with zero attached hydrogens (tertiary/aromatic N) is 1. The predicted molar refractivity (Wildman–Crippen MR) is 113 cm³/mol. The van der Waals surface area contributed by atoms with Crippen LogP contribution in [0.1, 0.15) is 24.5 Å². The number of hydrogen-bond donors (Lipinski definition) is 1. The molecule has 4 nitrogen and oxygen atoms in total. The molecular weight excluding hydrogens is 404 g/mol. The second-order valence-electron chi connectivity index (χ2n) is 6.14. The maximum absolute atomic E-state index is 12.1. The summed E-state index contributed by atoms with van der Waals surface area (Å²) >= 11 is 3.39. The van der Waals surface area contributed by atoms with E-state index < -0.39 is 0 Å². The second kappa shape index (κ2) is 9.33. The molecule has 0 saturated carbocycles. The average molecular weight is 425 g/mol. The van der Waals surface area contributed by atoms with Crippen molar-refractivity contribution >= 4 is 38.8 Å². The van der Waals surface area contributed by atoms with Gasteiger partial charge < -0.3 is 4.74 Å². The fraction of sp³-hybridized carbons (Fsp3) is 0.182. The Balaban J connectivity index is 1.75. The number of ether oxygens (including phenoxy) is 1. The Morgan fingerprint density at radius 1 is 1.11 bits per heavy atom. The summed E-state index contributed by atoms with van der Waals surface area (Å²) in [7, 11) is 0. The van der Waals surface area contributed by atoms with Crippen LogP contribution in [-0.4, -0.2) is 18.7 Å². The second-order valence-corrected chi connectivity index (χ2v) is 7.06. The van der Waals surface area contributed by atoms with Crippen LogP contribution in [-0.2, 0) is 11.2 Å². The van der Waals surface area contributed by atoms with E-state index in [0.717, 1.165) is 38.5 Å². The first-order valence-corrected chi connectivity index (χ1v) is 9.67. The van der Waals surface area contributed by atoms with Gasteiger partial charge in [-0.15, -0.1) is 0 Å². The number of hydrazone groups is 1. The normalized spacial score (nSPS) is 11.0. The lowest BCUT2D eigenvalue weighted by Gasteiger charge is -2.11. The molecule has 0 atom stereocenters. The van der Waals surface area contributed by atoms with E-state index in [1.807, 2.05) is 60.7 Å². The zero-order valence-corrected chi connectivity index (χ0v) is 16.7. The molecule has 1 amide bonds. The van der Waals surface area contributed by atoms with E-state index in [4.69, 9.17) is 4.74 Å². The Hall–Kier alpha value is -2.66. The molecule has 0 unspecified atom stereocenters. The Labute approximate surface area is 167 Å². The summed E-state index contributed by atoms with van der Waals surface area (Å²) in [6, 6.07) is 19.7. The first kappa shape index (κ1) is 19.1. The molecule has 0 spiro atoms. The van der Waals surface area contributed by atoms with Gasteiger partial charge in [-0.1, -0.05) is 65.3 Å². The van der Waals surface area contributed by atoms with Crippen LogP contribution in [0.25, 0.3) is 10.8 Å². The van der Waals surface area contributed by atoms with Gasteiger partial charge in [0.15, 0.2) is 0 Å². The molecule has 0 aliphatic carbocycles. The van der Waals surface area contributed by atoms with Crippen molar-refractivity contribution in [2.24, 2.45) is 5.10 Å². The monoisotopic (exact) mass is 424 g/mol. The summed E-state index contributed by atoms with van der Waals surface area (Å²) in [5.74, 6) is 0.603. The van der Waals surface area contributed by atoms with Crippen LogP contribution in [0, 0.1) is 0 Å². The molecule has 3 aromatic rings. The van der Waals surface area contributed by atoms with Crippen molar-refractivity contribution in [2.75, 3.05) is 6.61 Å². The van der Waals surface area contributed by atoms with E-state index in [-0.39, 0.29) is 12.3 Å². The Morgan fingerprint density at radius 3 is 2.67 bits per heavy atom. The molecule has 3 rings (SSSR count). The van der Waals surface area contributed by atoms with E-state index >= 15 is 0 Å². The molecule has 0 bridgehead atoms. The number of carbonyl (C=O) groups is 1. The molecule has 27 heavy (non-hydrogen) atoms. The number of amides is 1. The Kier molecular flexibility index (Phi) is 6.60. The smallest absolute Gasteiger partial charge is 0.244 e. The highest BCUT2D eigenvalue weighted by Crippen LogP contribution is 2.26. The van der Waals surface area contributed by atoms with Crippen molar-refractivity contribution in [3.63, 3.8) is 0 Å². The van der Waals surface area contributed by atoms with Gasteiger partial charge in [0.1, 0.15) is 5.75 Å². The van der Waals surface area contributed by atoms with Gasteiger partial charge in [-0.3, -0.25) is 4.79 Å². The third kappa shape index (κ3) is 5.17. The van der Waals surface area contributed by atoms with Gasteiger partial charge in [-0.05, 0) is 41.0 Å². The minimum absolute atomic E-state index is 0.162. The van der Waals surface area contributed by atoms with Crippen LogP contribution >= 0.6 is 15.9 Å². The van der Waals surface area contributed by atoms with Crippen LogP contribution in [0.4, 0.5) is 0 Å². The lowest BCUT2D eigenvalue weighted by molar-refractivity contribution is -0.120. The summed E-state index contributed by atoms with van der Waals surface area (Å²) in [6.45, 7) is 2.70. The van der Waals surface area contributed by atoms with Crippen molar-refractivity contribution < 1.29 is 9.53 Å². The number of halogens is 1. The Bertz CT molecular complexity index is 952. The molecule has 0 radical (unpaired) electrons. The lowest BCUT2D eigenvalue weighted by Crippen LogP contribution is -2.19. The van der Waals surface area contributed by atoms with Crippen molar-refractivity contribution in [1.29, 1.82) is 0 Å². The molecule has 0 saturated heterocycles. The van der Waals surface area contributed by atoms with Gasteiger partial charge in [0, 0.05) is 10.0 Å². The number of hydrogen-bond acceptors (Lipinski definition) is 3. The SMILES string of the molecule is CCCOc1ccc2ccccc2c1/C=N\NC(=O)Cc1ccc(Br)cc1. The highest BCUT2D eigenvalue weighted by atomic mass is 79.9. The number of benzene rings is 3. The lowest BCUT2D eigenvalue weighted by atomic mass is 10.0. The van der Waals surface area contributed by atoms with Crippen LogP contribution in [0.3, 0.4) is 0 Å². The molecule has 138 valence electrons. The van der Waals surface area contributed by atoms with Gasteiger partial charge in [-0.25, -0.2) is 5.43 Å². The molecule has 1 N–H and O–H groups in total. The molecule has 0 heterocycles.